The Bertz CT molecular complexity index is 781. The molecule has 2 heterocycles. The summed E-state index contributed by atoms with van der Waals surface area (Å²) in [6.07, 6.45) is 2.54. The zero-order valence-electron chi connectivity index (χ0n) is 13.7. The Morgan fingerprint density at radius 2 is 2.17 bits per heavy atom. The Morgan fingerprint density at radius 3 is 2.83 bits per heavy atom. The van der Waals surface area contributed by atoms with Gasteiger partial charge in [-0.25, -0.2) is 5.01 Å². The fraction of sp³-hybridized carbons (Fsp3) is 0.278. The lowest BCUT2D eigenvalue weighted by atomic mass is 10.0. The number of hydrogen-bond donors (Lipinski definition) is 1. The number of benzene rings is 1. The third-order valence-electron chi connectivity index (χ3n) is 3.86. The third-order valence-corrected chi connectivity index (χ3v) is 3.86. The van der Waals surface area contributed by atoms with E-state index in [4.69, 9.17) is 4.42 Å². The van der Waals surface area contributed by atoms with Gasteiger partial charge in [0.15, 0.2) is 0 Å². The van der Waals surface area contributed by atoms with Gasteiger partial charge >= 0.3 is 0 Å². The van der Waals surface area contributed by atoms with E-state index in [9.17, 15) is 9.59 Å². The van der Waals surface area contributed by atoms with Crippen LogP contribution >= 0.6 is 0 Å². The molecule has 0 saturated carbocycles. The van der Waals surface area contributed by atoms with Crippen molar-refractivity contribution in [2.75, 3.05) is 5.32 Å². The summed E-state index contributed by atoms with van der Waals surface area (Å²) in [5.41, 5.74) is 2.38. The molecule has 24 heavy (non-hydrogen) atoms. The van der Waals surface area contributed by atoms with Crippen molar-refractivity contribution in [3.05, 3.63) is 54.0 Å². The minimum absolute atomic E-state index is 0.0515. The van der Waals surface area contributed by atoms with Gasteiger partial charge in [-0.1, -0.05) is 19.1 Å². The molecule has 0 spiro atoms. The minimum Gasteiger partial charge on any atom is -0.467 e. The standard InChI is InChI=1S/C18H19N3O3/c1-3-18(23)21-16(17-8-5-9-24-17)11-15(20-21)13-6-4-7-14(10-13)19-12(2)22/h4-10,16H,3,11H2,1-2H3,(H,19,22). The van der Waals surface area contributed by atoms with Crippen LogP contribution in [0.15, 0.2) is 52.2 Å². The van der Waals surface area contributed by atoms with Gasteiger partial charge in [-0.2, -0.15) is 5.10 Å². The number of carbonyl (C=O) groups excluding carboxylic acids is 2. The van der Waals surface area contributed by atoms with Crippen LogP contribution in [0.5, 0.6) is 0 Å². The van der Waals surface area contributed by atoms with E-state index in [0.717, 1.165) is 11.3 Å². The van der Waals surface area contributed by atoms with Gasteiger partial charge in [-0.3, -0.25) is 9.59 Å². The first-order valence-electron chi connectivity index (χ1n) is 7.89. The van der Waals surface area contributed by atoms with Gasteiger partial charge < -0.3 is 9.73 Å². The number of amides is 2. The highest BCUT2D eigenvalue weighted by molar-refractivity contribution is 6.04. The van der Waals surface area contributed by atoms with Gasteiger partial charge in [0.2, 0.25) is 11.8 Å². The molecule has 1 N–H and O–H groups in total. The largest absolute Gasteiger partial charge is 0.467 e. The maximum atomic E-state index is 12.2. The molecule has 0 fully saturated rings. The van der Waals surface area contributed by atoms with E-state index in [1.165, 1.54) is 11.9 Å². The van der Waals surface area contributed by atoms with Crippen molar-refractivity contribution in [2.45, 2.75) is 32.7 Å². The first-order valence-corrected chi connectivity index (χ1v) is 7.89. The number of carbonyl (C=O) groups is 2. The minimum atomic E-state index is -0.230. The number of nitrogens with zero attached hydrogens (tertiary/aromatic N) is 2. The van der Waals surface area contributed by atoms with Crippen molar-refractivity contribution in [3.8, 4) is 0 Å². The van der Waals surface area contributed by atoms with Crippen LogP contribution in [0, 0.1) is 0 Å². The number of hydrazone groups is 1. The van der Waals surface area contributed by atoms with Crippen LogP contribution in [0.25, 0.3) is 0 Å². The van der Waals surface area contributed by atoms with Crippen LogP contribution in [-0.2, 0) is 9.59 Å². The molecular weight excluding hydrogens is 306 g/mol. The lowest BCUT2D eigenvalue weighted by molar-refractivity contribution is -0.133. The molecule has 3 rings (SSSR count). The molecule has 1 atom stereocenters. The summed E-state index contributed by atoms with van der Waals surface area (Å²) in [6.45, 7) is 3.28. The Kier molecular flexibility index (Phi) is 4.46. The van der Waals surface area contributed by atoms with Crippen LogP contribution in [0.4, 0.5) is 5.69 Å². The molecule has 1 aliphatic rings. The second-order valence-corrected chi connectivity index (χ2v) is 5.64. The van der Waals surface area contributed by atoms with Gasteiger partial charge in [0.1, 0.15) is 11.8 Å². The van der Waals surface area contributed by atoms with Crippen LogP contribution in [0.2, 0.25) is 0 Å². The molecule has 1 aliphatic heterocycles. The van der Waals surface area contributed by atoms with E-state index >= 15 is 0 Å². The average molecular weight is 325 g/mol. The molecule has 6 heteroatoms. The Balaban J connectivity index is 1.91. The number of rotatable bonds is 4. The van der Waals surface area contributed by atoms with Crippen molar-refractivity contribution in [1.29, 1.82) is 0 Å². The maximum Gasteiger partial charge on any atom is 0.243 e. The molecule has 2 amide bonds. The molecule has 1 unspecified atom stereocenters. The number of anilines is 1. The van der Waals surface area contributed by atoms with Crippen molar-refractivity contribution >= 4 is 23.2 Å². The summed E-state index contributed by atoms with van der Waals surface area (Å²) in [5.74, 6) is 0.537. The van der Waals surface area contributed by atoms with E-state index < -0.39 is 0 Å². The van der Waals surface area contributed by atoms with E-state index in [1.54, 1.807) is 12.3 Å². The smallest absolute Gasteiger partial charge is 0.243 e. The van der Waals surface area contributed by atoms with Crippen LogP contribution < -0.4 is 5.32 Å². The van der Waals surface area contributed by atoms with Gasteiger partial charge in [0, 0.05) is 25.5 Å². The van der Waals surface area contributed by atoms with Crippen LogP contribution in [0.1, 0.15) is 44.1 Å². The molecular formula is C18H19N3O3. The molecule has 1 aromatic heterocycles. The Labute approximate surface area is 140 Å². The van der Waals surface area contributed by atoms with E-state index in [2.05, 4.69) is 10.4 Å². The quantitative estimate of drug-likeness (QED) is 0.937. The molecule has 0 radical (unpaired) electrons. The highest BCUT2D eigenvalue weighted by atomic mass is 16.3. The van der Waals surface area contributed by atoms with Crippen LogP contribution in [0.3, 0.4) is 0 Å². The summed E-state index contributed by atoms with van der Waals surface area (Å²) >= 11 is 0. The highest BCUT2D eigenvalue weighted by Crippen LogP contribution is 2.33. The summed E-state index contributed by atoms with van der Waals surface area (Å²) in [4.78, 5) is 23.5. The van der Waals surface area contributed by atoms with Crippen molar-refractivity contribution in [2.24, 2.45) is 5.10 Å². The summed E-state index contributed by atoms with van der Waals surface area (Å²) < 4.78 is 5.48. The highest BCUT2D eigenvalue weighted by Gasteiger charge is 2.34. The fourth-order valence-corrected chi connectivity index (χ4v) is 2.76. The Morgan fingerprint density at radius 1 is 1.33 bits per heavy atom. The topological polar surface area (TPSA) is 74.9 Å². The lowest BCUT2D eigenvalue weighted by Crippen LogP contribution is -2.25. The van der Waals surface area contributed by atoms with Gasteiger partial charge in [-0.15, -0.1) is 0 Å². The van der Waals surface area contributed by atoms with Gasteiger partial charge in [0.25, 0.3) is 0 Å². The van der Waals surface area contributed by atoms with E-state index in [0.29, 0.717) is 24.3 Å². The second kappa shape index (κ2) is 6.70. The maximum absolute atomic E-state index is 12.2. The molecule has 1 aromatic carbocycles. The first-order chi connectivity index (χ1) is 11.6. The average Bonchev–Trinajstić information content (AvgIpc) is 3.23. The SMILES string of the molecule is CCC(=O)N1N=C(c2cccc(NC(C)=O)c2)CC1c1ccco1. The van der Waals surface area contributed by atoms with Crippen LogP contribution in [-0.4, -0.2) is 22.5 Å². The number of nitrogens with one attached hydrogen (secondary N) is 1. The molecule has 124 valence electrons. The monoisotopic (exact) mass is 325 g/mol. The third kappa shape index (κ3) is 3.22. The normalized spacial score (nSPS) is 16.8. The van der Waals surface area contributed by atoms with Gasteiger partial charge in [0.05, 0.1) is 12.0 Å². The molecule has 2 aromatic rings. The molecule has 0 saturated heterocycles. The summed E-state index contributed by atoms with van der Waals surface area (Å²) in [7, 11) is 0. The van der Waals surface area contributed by atoms with E-state index in [1.807, 2.05) is 37.3 Å². The Hall–Kier alpha value is -2.89. The van der Waals surface area contributed by atoms with Crippen molar-refractivity contribution < 1.29 is 14.0 Å². The van der Waals surface area contributed by atoms with Crippen molar-refractivity contribution in [3.63, 3.8) is 0 Å². The predicted octanol–water partition coefficient (Wildman–Crippen LogP) is 3.33. The summed E-state index contributed by atoms with van der Waals surface area (Å²) in [5, 5.41) is 8.77. The van der Waals surface area contributed by atoms with E-state index in [-0.39, 0.29) is 17.9 Å². The lowest BCUT2D eigenvalue weighted by Gasteiger charge is -2.18. The summed E-state index contributed by atoms with van der Waals surface area (Å²) in [6, 6.07) is 10.9. The first kappa shape index (κ1) is 16.0. The second-order valence-electron chi connectivity index (χ2n) is 5.64. The molecule has 0 bridgehead atoms. The van der Waals surface area contributed by atoms with Gasteiger partial charge in [-0.05, 0) is 29.8 Å². The predicted molar refractivity (Wildman–Crippen MR) is 90.5 cm³/mol. The zero-order valence-corrected chi connectivity index (χ0v) is 13.7. The fourth-order valence-electron chi connectivity index (χ4n) is 2.76. The van der Waals surface area contributed by atoms with Crippen molar-refractivity contribution in [1.82, 2.24) is 5.01 Å². The molecule has 6 nitrogen and oxygen atoms in total. The number of furan rings is 1. The molecule has 0 aliphatic carbocycles. The number of hydrogen-bond acceptors (Lipinski definition) is 4. The zero-order chi connectivity index (χ0) is 17.1.